The molecule has 5 heteroatoms. The van der Waals surface area contributed by atoms with Crippen LogP contribution in [-0.2, 0) is 0 Å². The van der Waals surface area contributed by atoms with Gasteiger partial charge in [-0.3, -0.25) is 4.79 Å². The highest BCUT2D eigenvalue weighted by atomic mass is 35.5. The topological polar surface area (TPSA) is 62.2 Å². The molecule has 4 nitrogen and oxygen atoms in total. The minimum absolute atomic E-state index is 0.220. The fourth-order valence-corrected chi connectivity index (χ4v) is 3.33. The minimum Gasteiger partial charge on any atom is -0.388 e. The number of halogens is 1. The third kappa shape index (κ3) is 4.17. The average molecular weight is 311 g/mol. The van der Waals surface area contributed by atoms with E-state index in [-0.39, 0.29) is 17.6 Å². The number of carbonyl (C=O) groups excluding carboxylic acids is 1. The molecule has 0 radical (unpaired) electrons. The maximum Gasteiger partial charge on any atom is 0.254 e. The number of hydrogen-bond acceptors (Lipinski definition) is 3. The third-order valence-corrected chi connectivity index (χ3v) is 4.41. The van der Waals surface area contributed by atoms with Crippen LogP contribution in [0, 0.1) is 13.8 Å². The number of carbonyl (C=O) groups is 1. The Balaban J connectivity index is 2.05. The van der Waals surface area contributed by atoms with Crippen LogP contribution in [0.15, 0.2) is 6.07 Å². The lowest BCUT2D eigenvalue weighted by Crippen LogP contribution is -2.42. The Morgan fingerprint density at radius 3 is 2.52 bits per heavy atom. The van der Waals surface area contributed by atoms with Gasteiger partial charge in [-0.15, -0.1) is 0 Å². The van der Waals surface area contributed by atoms with Crippen LogP contribution < -0.4 is 5.32 Å². The lowest BCUT2D eigenvalue weighted by atomic mass is 9.94. The minimum atomic E-state index is -0.787. The van der Waals surface area contributed by atoms with Gasteiger partial charge in [0.15, 0.2) is 0 Å². The molecule has 21 heavy (non-hydrogen) atoms. The molecule has 0 saturated heterocycles. The highest BCUT2D eigenvalue weighted by Gasteiger charge is 2.29. The maximum atomic E-state index is 12.3. The normalized spacial score (nSPS) is 18.1. The number of aliphatic hydroxyl groups is 1. The van der Waals surface area contributed by atoms with Crippen molar-refractivity contribution in [2.24, 2.45) is 0 Å². The monoisotopic (exact) mass is 310 g/mol. The van der Waals surface area contributed by atoms with Crippen LogP contribution in [-0.4, -0.2) is 28.1 Å². The van der Waals surface area contributed by atoms with E-state index in [1.165, 1.54) is 0 Å². The van der Waals surface area contributed by atoms with Gasteiger partial charge in [0.25, 0.3) is 5.91 Å². The van der Waals surface area contributed by atoms with E-state index < -0.39 is 5.60 Å². The van der Waals surface area contributed by atoms with Crippen molar-refractivity contribution in [1.29, 1.82) is 0 Å². The van der Waals surface area contributed by atoms with Crippen LogP contribution in [0.5, 0.6) is 0 Å². The van der Waals surface area contributed by atoms with Gasteiger partial charge in [-0.05, 0) is 38.3 Å². The van der Waals surface area contributed by atoms with E-state index in [0.717, 1.165) is 49.8 Å². The van der Waals surface area contributed by atoms with E-state index in [9.17, 15) is 9.90 Å². The molecule has 1 amide bonds. The zero-order valence-corrected chi connectivity index (χ0v) is 13.5. The Morgan fingerprint density at radius 2 is 1.95 bits per heavy atom. The number of rotatable bonds is 3. The molecule has 0 aromatic carbocycles. The summed E-state index contributed by atoms with van der Waals surface area (Å²) in [5.74, 6) is -0.261. The summed E-state index contributed by atoms with van der Waals surface area (Å²) in [6, 6.07) is 1.83. The van der Waals surface area contributed by atoms with Crippen LogP contribution in [0.3, 0.4) is 0 Å². The van der Waals surface area contributed by atoms with E-state index in [1.54, 1.807) is 0 Å². The third-order valence-electron chi connectivity index (χ3n) is 4.14. The second-order valence-electron chi connectivity index (χ2n) is 6.07. The summed E-state index contributed by atoms with van der Waals surface area (Å²) < 4.78 is 0. The Labute approximate surface area is 130 Å². The van der Waals surface area contributed by atoms with E-state index >= 15 is 0 Å². The summed E-state index contributed by atoms with van der Waals surface area (Å²) in [6.07, 6.45) is 5.82. The molecule has 0 aliphatic heterocycles. The second-order valence-corrected chi connectivity index (χ2v) is 6.43. The maximum absolute atomic E-state index is 12.3. The van der Waals surface area contributed by atoms with Gasteiger partial charge >= 0.3 is 0 Å². The van der Waals surface area contributed by atoms with Crippen molar-refractivity contribution < 1.29 is 9.90 Å². The van der Waals surface area contributed by atoms with Crippen LogP contribution in [0.1, 0.15) is 60.1 Å². The molecule has 0 atom stereocenters. The van der Waals surface area contributed by atoms with Gasteiger partial charge in [-0.2, -0.15) is 0 Å². The second kappa shape index (κ2) is 6.75. The molecule has 1 aliphatic carbocycles. The molecule has 1 aromatic heterocycles. The highest BCUT2D eigenvalue weighted by Crippen LogP contribution is 2.26. The average Bonchev–Trinajstić information content (AvgIpc) is 2.61. The molecule has 0 unspecified atom stereocenters. The van der Waals surface area contributed by atoms with Crippen LogP contribution in [0.4, 0.5) is 0 Å². The molecule has 1 fully saturated rings. The van der Waals surface area contributed by atoms with Crippen molar-refractivity contribution in [3.63, 3.8) is 0 Å². The van der Waals surface area contributed by atoms with Crippen molar-refractivity contribution in [2.45, 2.75) is 58.0 Å². The van der Waals surface area contributed by atoms with Gasteiger partial charge in [-0.1, -0.05) is 37.3 Å². The van der Waals surface area contributed by atoms with Crippen molar-refractivity contribution in [3.8, 4) is 0 Å². The first-order valence-electron chi connectivity index (χ1n) is 7.56. The summed E-state index contributed by atoms with van der Waals surface area (Å²) in [6.45, 7) is 3.96. The molecule has 1 aromatic rings. The van der Waals surface area contributed by atoms with Crippen LogP contribution >= 0.6 is 11.6 Å². The number of aromatic nitrogens is 1. The number of aryl methyl sites for hydroxylation is 2. The van der Waals surface area contributed by atoms with Gasteiger partial charge in [-0.25, -0.2) is 4.98 Å². The van der Waals surface area contributed by atoms with Crippen molar-refractivity contribution >= 4 is 17.5 Å². The van der Waals surface area contributed by atoms with Crippen molar-refractivity contribution in [1.82, 2.24) is 10.3 Å². The molecule has 0 bridgehead atoms. The number of pyridine rings is 1. The van der Waals surface area contributed by atoms with E-state index in [1.807, 2.05) is 19.9 Å². The molecule has 1 saturated carbocycles. The first-order valence-corrected chi connectivity index (χ1v) is 7.93. The molecule has 2 N–H and O–H groups in total. The SMILES string of the molecule is Cc1cc(C)c(C(=O)NCC2(O)CCCCCC2)c(Cl)n1. The van der Waals surface area contributed by atoms with Gasteiger partial charge in [0, 0.05) is 12.2 Å². The lowest BCUT2D eigenvalue weighted by Gasteiger charge is -2.27. The lowest BCUT2D eigenvalue weighted by molar-refractivity contribution is 0.0246. The number of nitrogens with zero attached hydrogens (tertiary/aromatic N) is 1. The van der Waals surface area contributed by atoms with Gasteiger partial charge in [0.05, 0.1) is 11.2 Å². The number of hydrogen-bond donors (Lipinski definition) is 2. The Bertz CT molecular complexity index is 500. The molecule has 1 aliphatic rings. The van der Waals surface area contributed by atoms with E-state index in [2.05, 4.69) is 10.3 Å². The first kappa shape index (κ1) is 16.2. The Kier molecular flexibility index (Phi) is 5.22. The Hall–Kier alpha value is -1.13. The fourth-order valence-electron chi connectivity index (χ4n) is 2.96. The fraction of sp³-hybridized carbons (Fsp3) is 0.625. The van der Waals surface area contributed by atoms with Gasteiger partial charge in [0.1, 0.15) is 5.15 Å². The molecule has 2 rings (SSSR count). The summed E-state index contributed by atoms with van der Waals surface area (Å²) in [5, 5.41) is 13.6. The molecular formula is C16H23ClN2O2. The standard InChI is InChI=1S/C16H23ClN2O2/c1-11-9-12(2)19-14(17)13(11)15(20)18-10-16(21)7-5-3-4-6-8-16/h9,21H,3-8,10H2,1-2H3,(H,18,20). The Morgan fingerprint density at radius 1 is 1.33 bits per heavy atom. The van der Waals surface area contributed by atoms with Crippen LogP contribution in [0.2, 0.25) is 5.15 Å². The summed E-state index contributed by atoms with van der Waals surface area (Å²) >= 11 is 6.08. The zero-order chi connectivity index (χ0) is 15.5. The smallest absolute Gasteiger partial charge is 0.254 e. The zero-order valence-electron chi connectivity index (χ0n) is 12.7. The van der Waals surface area contributed by atoms with Gasteiger partial charge in [0.2, 0.25) is 0 Å². The van der Waals surface area contributed by atoms with Crippen LogP contribution in [0.25, 0.3) is 0 Å². The molecule has 116 valence electrons. The van der Waals surface area contributed by atoms with Gasteiger partial charge < -0.3 is 10.4 Å². The van der Waals surface area contributed by atoms with E-state index in [4.69, 9.17) is 11.6 Å². The molecule has 0 spiro atoms. The number of amides is 1. The first-order chi connectivity index (χ1) is 9.91. The quantitative estimate of drug-likeness (QED) is 0.666. The molecule has 1 heterocycles. The van der Waals surface area contributed by atoms with E-state index in [0.29, 0.717) is 5.56 Å². The molecular weight excluding hydrogens is 288 g/mol. The summed E-state index contributed by atoms with van der Waals surface area (Å²) in [5.41, 5.74) is 1.21. The highest BCUT2D eigenvalue weighted by molar-refractivity contribution is 6.32. The summed E-state index contributed by atoms with van der Waals surface area (Å²) in [7, 11) is 0. The van der Waals surface area contributed by atoms with Crippen molar-refractivity contribution in [2.75, 3.05) is 6.54 Å². The predicted octanol–water partition coefficient (Wildman–Crippen LogP) is 3.17. The van der Waals surface area contributed by atoms with Crippen molar-refractivity contribution in [3.05, 3.63) is 28.0 Å². The largest absolute Gasteiger partial charge is 0.388 e. The number of nitrogens with one attached hydrogen (secondary N) is 1. The predicted molar refractivity (Wildman–Crippen MR) is 83.7 cm³/mol. The summed E-state index contributed by atoms with van der Waals surface area (Å²) in [4.78, 5) is 16.4.